The lowest BCUT2D eigenvalue weighted by atomic mass is 10.3. The van der Waals surface area contributed by atoms with E-state index in [1.807, 2.05) is 0 Å². The molecule has 0 fully saturated rings. The number of H-pyrrole nitrogens is 1. The zero-order valence-corrected chi connectivity index (χ0v) is 7.59. The highest BCUT2D eigenvalue weighted by Gasteiger charge is 2.02. The number of pyridine rings is 1. The van der Waals surface area contributed by atoms with E-state index in [1.54, 1.807) is 0 Å². The van der Waals surface area contributed by atoms with Crippen LogP contribution >= 0.6 is 15.9 Å². The summed E-state index contributed by atoms with van der Waals surface area (Å²) in [6, 6.07) is 1.26. The molecular weight excluding hydrogens is 226 g/mol. The summed E-state index contributed by atoms with van der Waals surface area (Å²) in [4.78, 5) is 23.9. The van der Waals surface area contributed by atoms with Crippen LogP contribution in [0.1, 0.15) is 5.69 Å². The van der Waals surface area contributed by atoms with Gasteiger partial charge in [0.1, 0.15) is 0 Å². The third kappa shape index (κ3) is 2.20. The van der Waals surface area contributed by atoms with Crippen LogP contribution in [0.5, 0.6) is 0 Å². The monoisotopic (exact) mass is 231 g/mol. The van der Waals surface area contributed by atoms with Gasteiger partial charge >= 0.3 is 5.97 Å². The quantitative estimate of drug-likeness (QED) is 0.790. The largest absolute Gasteiger partial charge is 0.481 e. The number of aromatic nitrogens is 1. The van der Waals surface area contributed by atoms with Crippen LogP contribution in [0.3, 0.4) is 0 Å². The molecule has 0 aromatic carbocycles. The summed E-state index contributed by atoms with van der Waals surface area (Å²) in [5, 5.41) is 8.39. The number of aliphatic carboxylic acids is 1. The summed E-state index contributed by atoms with van der Waals surface area (Å²) in [7, 11) is 0. The van der Waals surface area contributed by atoms with E-state index in [1.165, 1.54) is 12.3 Å². The highest BCUT2D eigenvalue weighted by molar-refractivity contribution is 9.10. The SMILES string of the molecule is O=C(O)Cc1cc(=O)c(Br)c[nH]1. The third-order valence-electron chi connectivity index (χ3n) is 1.27. The van der Waals surface area contributed by atoms with Crippen molar-refractivity contribution in [1.82, 2.24) is 4.98 Å². The van der Waals surface area contributed by atoms with E-state index in [9.17, 15) is 9.59 Å². The molecule has 1 rings (SSSR count). The van der Waals surface area contributed by atoms with Crippen molar-refractivity contribution in [3.8, 4) is 0 Å². The van der Waals surface area contributed by atoms with Crippen molar-refractivity contribution in [3.63, 3.8) is 0 Å². The predicted octanol–water partition coefficient (Wildman–Crippen LogP) is 0.764. The molecule has 12 heavy (non-hydrogen) atoms. The molecule has 0 unspecified atom stereocenters. The van der Waals surface area contributed by atoms with Crippen LogP contribution < -0.4 is 5.43 Å². The van der Waals surface area contributed by atoms with Gasteiger partial charge in [-0.1, -0.05) is 0 Å². The van der Waals surface area contributed by atoms with E-state index in [-0.39, 0.29) is 11.8 Å². The summed E-state index contributed by atoms with van der Waals surface area (Å²) >= 11 is 3.00. The Kier molecular flexibility index (Phi) is 2.65. The summed E-state index contributed by atoms with van der Waals surface area (Å²) in [6.45, 7) is 0. The highest BCUT2D eigenvalue weighted by Crippen LogP contribution is 2.01. The fourth-order valence-corrected chi connectivity index (χ4v) is 0.990. The molecule has 0 spiro atoms. The first kappa shape index (κ1) is 8.99. The van der Waals surface area contributed by atoms with Crippen molar-refractivity contribution in [2.45, 2.75) is 6.42 Å². The molecule has 2 N–H and O–H groups in total. The van der Waals surface area contributed by atoms with Crippen LogP contribution in [-0.2, 0) is 11.2 Å². The van der Waals surface area contributed by atoms with Gasteiger partial charge in [-0.2, -0.15) is 0 Å². The second-order valence-electron chi connectivity index (χ2n) is 2.24. The first-order valence-electron chi connectivity index (χ1n) is 3.18. The average molecular weight is 232 g/mol. The molecule has 1 aromatic rings. The minimum Gasteiger partial charge on any atom is -0.481 e. The molecule has 0 bridgehead atoms. The van der Waals surface area contributed by atoms with Crippen LogP contribution in [0.25, 0.3) is 0 Å². The molecule has 0 saturated heterocycles. The second-order valence-corrected chi connectivity index (χ2v) is 3.10. The van der Waals surface area contributed by atoms with Crippen LogP contribution in [0.15, 0.2) is 21.5 Å². The van der Waals surface area contributed by atoms with Crippen LogP contribution in [0.4, 0.5) is 0 Å². The number of carboxylic acids is 1. The molecule has 1 aromatic heterocycles. The summed E-state index contributed by atoms with van der Waals surface area (Å²) in [6.07, 6.45) is 1.27. The first-order valence-corrected chi connectivity index (χ1v) is 3.98. The maximum absolute atomic E-state index is 11.0. The second kappa shape index (κ2) is 3.53. The molecular formula is C7H6BrNO3. The Hall–Kier alpha value is -1.10. The fourth-order valence-electron chi connectivity index (χ4n) is 0.761. The average Bonchev–Trinajstić information content (AvgIpc) is 1.96. The van der Waals surface area contributed by atoms with Gasteiger partial charge in [0.05, 0.1) is 10.9 Å². The van der Waals surface area contributed by atoms with E-state index in [2.05, 4.69) is 20.9 Å². The van der Waals surface area contributed by atoms with Gasteiger partial charge in [0, 0.05) is 18.0 Å². The zero-order chi connectivity index (χ0) is 9.14. The number of hydrogen-bond donors (Lipinski definition) is 2. The minimum atomic E-state index is -0.965. The van der Waals surface area contributed by atoms with Gasteiger partial charge in [-0.25, -0.2) is 0 Å². The molecule has 0 aliphatic carbocycles. The molecule has 0 aliphatic heterocycles. The number of halogens is 1. The maximum Gasteiger partial charge on any atom is 0.309 e. The molecule has 0 amide bonds. The predicted molar refractivity (Wildman–Crippen MR) is 46.1 cm³/mol. The Morgan fingerprint density at radius 2 is 2.33 bits per heavy atom. The number of aromatic amines is 1. The Morgan fingerprint density at radius 3 is 2.83 bits per heavy atom. The van der Waals surface area contributed by atoms with Crippen molar-refractivity contribution < 1.29 is 9.90 Å². The first-order chi connectivity index (χ1) is 5.59. The van der Waals surface area contributed by atoms with Gasteiger partial charge in [0.2, 0.25) is 0 Å². The van der Waals surface area contributed by atoms with Gasteiger partial charge < -0.3 is 10.1 Å². The molecule has 0 atom stereocenters. The smallest absolute Gasteiger partial charge is 0.309 e. The molecule has 0 aliphatic rings. The van der Waals surface area contributed by atoms with Gasteiger partial charge in [-0.05, 0) is 15.9 Å². The summed E-state index contributed by atoms with van der Waals surface area (Å²) in [5.41, 5.74) is 0.181. The maximum atomic E-state index is 11.0. The molecule has 64 valence electrons. The van der Waals surface area contributed by atoms with Crippen molar-refractivity contribution in [3.05, 3.63) is 32.7 Å². The Morgan fingerprint density at radius 1 is 1.67 bits per heavy atom. The van der Waals surface area contributed by atoms with Gasteiger partial charge in [0.25, 0.3) is 0 Å². The standard InChI is InChI=1S/C7H6BrNO3/c8-5-3-9-4(1-6(5)10)2-7(11)12/h1,3H,2H2,(H,9,10)(H,11,12). The lowest BCUT2D eigenvalue weighted by Crippen LogP contribution is -2.08. The van der Waals surface area contributed by atoms with E-state index in [4.69, 9.17) is 5.11 Å². The lowest BCUT2D eigenvalue weighted by Gasteiger charge is -1.96. The molecule has 1 heterocycles. The van der Waals surface area contributed by atoms with Crippen LogP contribution in [-0.4, -0.2) is 16.1 Å². The van der Waals surface area contributed by atoms with Gasteiger partial charge in [-0.15, -0.1) is 0 Å². The van der Waals surface area contributed by atoms with E-state index < -0.39 is 5.97 Å². The Labute approximate surface area is 76.4 Å². The van der Waals surface area contributed by atoms with Crippen molar-refractivity contribution in [2.75, 3.05) is 0 Å². The zero-order valence-electron chi connectivity index (χ0n) is 6.00. The van der Waals surface area contributed by atoms with Crippen molar-refractivity contribution in [2.24, 2.45) is 0 Å². The fraction of sp³-hybridized carbons (Fsp3) is 0.143. The summed E-state index contributed by atoms with van der Waals surface area (Å²) in [5.74, 6) is -0.965. The highest BCUT2D eigenvalue weighted by atomic mass is 79.9. The van der Waals surface area contributed by atoms with Gasteiger partial charge in [-0.3, -0.25) is 9.59 Å². The topological polar surface area (TPSA) is 70.2 Å². The van der Waals surface area contributed by atoms with Crippen molar-refractivity contribution >= 4 is 21.9 Å². The molecule has 4 nitrogen and oxygen atoms in total. The normalized spacial score (nSPS) is 9.75. The van der Waals surface area contributed by atoms with Gasteiger partial charge in [0.15, 0.2) is 5.43 Å². The number of rotatable bonds is 2. The van der Waals surface area contributed by atoms with Crippen LogP contribution in [0, 0.1) is 0 Å². The van der Waals surface area contributed by atoms with Crippen LogP contribution in [0.2, 0.25) is 0 Å². The third-order valence-corrected chi connectivity index (χ3v) is 1.89. The number of hydrogen-bond acceptors (Lipinski definition) is 2. The Bertz CT molecular complexity index is 358. The lowest BCUT2D eigenvalue weighted by molar-refractivity contribution is -0.136. The van der Waals surface area contributed by atoms with E-state index >= 15 is 0 Å². The minimum absolute atomic E-state index is 0.164. The number of nitrogens with one attached hydrogen (secondary N) is 1. The number of carboxylic acid groups (broad SMARTS) is 1. The molecule has 5 heteroatoms. The Balaban J connectivity index is 2.97. The number of carbonyl (C=O) groups is 1. The van der Waals surface area contributed by atoms with E-state index in [0.717, 1.165) is 0 Å². The molecule has 0 saturated carbocycles. The van der Waals surface area contributed by atoms with E-state index in [0.29, 0.717) is 10.2 Å². The van der Waals surface area contributed by atoms with Crippen molar-refractivity contribution in [1.29, 1.82) is 0 Å². The molecule has 0 radical (unpaired) electrons. The summed E-state index contributed by atoms with van der Waals surface area (Å²) < 4.78 is 0.400.